The maximum Gasteiger partial charge on any atom is 0.132 e. The molecule has 1 aliphatic rings. The summed E-state index contributed by atoms with van der Waals surface area (Å²) in [7, 11) is 0. The van der Waals surface area contributed by atoms with Gasteiger partial charge in [-0.05, 0) is 36.8 Å². The Labute approximate surface area is 156 Å². The van der Waals surface area contributed by atoms with Crippen LogP contribution < -0.4 is 5.32 Å². The van der Waals surface area contributed by atoms with Gasteiger partial charge in [0.15, 0.2) is 0 Å². The molecule has 0 atom stereocenters. The molecule has 26 heavy (non-hydrogen) atoms. The number of rotatable bonds is 5. The minimum absolute atomic E-state index is 0.769. The van der Waals surface area contributed by atoms with E-state index in [0.29, 0.717) is 0 Å². The molecule has 1 aliphatic heterocycles. The highest BCUT2D eigenvalue weighted by atomic mass is 32.1. The molecule has 0 unspecified atom stereocenters. The molecule has 0 fully saturated rings. The molecule has 3 aromatic heterocycles. The summed E-state index contributed by atoms with van der Waals surface area (Å²) in [5, 5.41) is 4.31. The van der Waals surface area contributed by atoms with Gasteiger partial charge < -0.3 is 10.2 Å². The predicted octanol–water partition coefficient (Wildman–Crippen LogP) is 4.01. The molecular weight excluding hydrogens is 344 g/mol. The van der Waals surface area contributed by atoms with Gasteiger partial charge in [-0.1, -0.05) is 6.07 Å². The zero-order valence-corrected chi connectivity index (χ0v) is 15.1. The van der Waals surface area contributed by atoms with Gasteiger partial charge >= 0.3 is 0 Å². The Morgan fingerprint density at radius 3 is 3.00 bits per heavy atom. The molecule has 1 N–H and O–H groups in total. The molecule has 0 radical (unpaired) electrons. The Morgan fingerprint density at radius 1 is 1.19 bits per heavy atom. The zero-order chi connectivity index (χ0) is 17.8. The lowest BCUT2D eigenvalue weighted by atomic mass is 10.3. The SMILES string of the molecule is Cc1ccnc(Nc2cccc(-c3cnc(CN4C=CN=CC4)s3)n2)c1. The first kappa shape index (κ1) is 16.4. The van der Waals surface area contributed by atoms with E-state index < -0.39 is 0 Å². The quantitative estimate of drug-likeness (QED) is 0.743. The molecule has 0 bridgehead atoms. The summed E-state index contributed by atoms with van der Waals surface area (Å²) in [4.78, 5) is 20.9. The van der Waals surface area contributed by atoms with Crippen LogP contribution in [0.1, 0.15) is 10.6 Å². The van der Waals surface area contributed by atoms with Crippen LogP contribution >= 0.6 is 11.3 Å². The van der Waals surface area contributed by atoms with Gasteiger partial charge in [0.05, 0.1) is 23.7 Å². The lowest BCUT2D eigenvalue weighted by Gasteiger charge is -2.17. The second-order valence-corrected chi connectivity index (χ2v) is 7.04. The van der Waals surface area contributed by atoms with Crippen LogP contribution in [0.2, 0.25) is 0 Å². The van der Waals surface area contributed by atoms with Gasteiger partial charge in [0.1, 0.15) is 16.6 Å². The molecule has 4 heterocycles. The molecule has 0 aliphatic carbocycles. The van der Waals surface area contributed by atoms with Gasteiger partial charge in [-0.3, -0.25) is 4.99 Å². The van der Waals surface area contributed by atoms with Crippen LogP contribution in [0.3, 0.4) is 0 Å². The molecule has 0 amide bonds. The Kier molecular flexibility index (Phi) is 4.70. The van der Waals surface area contributed by atoms with E-state index >= 15 is 0 Å². The van der Waals surface area contributed by atoms with Crippen molar-refractivity contribution in [2.24, 2.45) is 4.99 Å². The Bertz CT molecular complexity index is 962. The average Bonchev–Trinajstić information content (AvgIpc) is 3.11. The van der Waals surface area contributed by atoms with E-state index in [1.807, 2.05) is 55.9 Å². The third-order valence-electron chi connectivity index (χ3n) is 3.85. The van der Waals surface area contributed by atoms with E-state index in [9.17, 15) is 0 Å². The van der Waals surface area contributed by atoms with Gasteiger partial charge in [-0.15, -0.1) is 11.3 Å². The van der Waals surface area contributed by atoms with Crippen molar-refractivity contribution in [3.05, 3.63) is 65.7 Å². The van der Waals surface area contributed by atoms with Crippen molar-refractivity contribution >= 4 is 29.2 Å². The Hall–Kier alpha value is -3.06. The first-order chi connectivity index (χ1) is 12.8. The number of aromatic nitrogens is 3. The third-order valence-corrected chi connectivity index (χ3v) is 4.85. The second kappa shape index (κ2) is 7.45. The van der Waals surface area contributed by atoms with E-state index in [2.05, 4.69) is 25.2 Å². The largest absolute Gasteiger partial charge is 0.364 e. The number of pyridine rings is 2. The highest BCUT2D eigenvalue weighted by molar-refractivity contribution is 7.15. The van der Waals surface area contributed by atoms with Crippen LogP contribution in [0.5, 0.6) is 0 Å². The lowest BCUT2D eigenvalue weighted by molar-refractivity contribution is 0.418. The summed E-state index contributed by atoms with van der Waals surface area (Å²) in [6, 6.07) is 9.89. The number of hydrogen-bond acceptors (Lipinski definition) is 7. The van der Waals surface area contributed by atoms with Crippen molar-refractivity contribution < 1.29 is 0 Å². The van der Waals surface area contributed by atoms with Crippen LogP contribution in [0.4, 0.5) is 11.6 Å². The maximum atomic E-state index is 4.70. The third kappa shape index (κ3) is 3.94. The van der Waals surface area contributed by atoms with Crippen LogP contribution in [-0.2, 0) is 6.54 Å². The molecule has 7 heteroatoms. The van der Waals surface area contributed by atoms with Crippen molar-refractivity contribution in [1.82, 2.24) is 19.9 Å². The Morgan fingerprint density at radius 2 is 2.15 bits per heavy atom. The minimum atomic E-state index is 0.769. The molecule has 0 saturated carbocycles. The number of thiazole rings is 1. The fraction of sp³-hybridized carbons (Fsp3) is 0.158. The molecule has 0 saturated heterocycles. The highest BCUT2D eigenvalue weighted by Crippen LogP contribution is 2.27. The molecule has 130 valence electrons. The first-order valence-corrected chi connectivity index (χ1v) is 9.12. The number of hydrogen-bond donors (Lipinski definition) is 1. The van der Waals surface area contributed by atoms with Crippen molar-refractivity contribution in [1.29, 1.82) is 0 Å². The summed E-state index contributed by atoms with van der Waals surface area (Å²) in [6.45, 7) is 3.63. The van der Waals surface area contributed by atoms with Crippen molar-refractivity contribution in [2.45, 2.75) is 13.5 Å². The van der Waals surface area contributed by atoms with Crippen LogP contribution in [0, 0.1) is 6.92 Å². The minimum Gasteiger partial charge on any atom is -0.364 e. The summed E-state index contributed by atoms with van der Waals surface area (Å²) in [6.07, 6.45) is 9.35. The molecule has 0 spiro atoms. The number of aliphatic imine (C=N–C) groups is 1. The Balaban J connectivity index is 1.49. The monoisotopic (exact) mass is 362 g/mol. The van der Waals surface area contributed by atoms with Crippen molar-refractivity contribution in [3.8, 4) is 10.6 Å². The molecular formula is C19H18N6S. The second-order valence-electron chi connectivity index (χ2n) is 5.93. The van der Waals surface area contributed by atoms with E-state index in [4.69, 9.17) is 4.98 Å². The standard InChI is InChI=1S/C19H18N6S/c1-14-5-6-21-18(11-14)24-17-4-2-3-15(23-17)16-12-22-19(26-16)13-25-9-7-20-8-10-25/h2-9,11-12H,10,13H2,1H3,(H,21,23,24). The lowest BCUT2D eigenvalue weighted by Crippen LogP contribution is -2.20. The molecule has 0 aromatic carbocycles. The fourth-order valence-electron chi connectivity index (χ4n) is 2.58. The summed E-state index contributed by atoms with van der Waals surface area (Å²) >= 11 is 1.66. The highest BCUT2D eigenvalue weighted by Gasteiger charge is 2.10. The van der Waals surface area contributed by atoms with Crippen molar-refractivity contribution in [3.63, 3.8) is 0 Å². The fourth-order valence-corrected chi connectivity index (χ4v) is 3.49. The molecule has 4 rings (SSSR count). The number of anilines is 2. The number of nitrogens with zero attached hydrogens (tertiary/aromatic N) is 5. The summed E-state index contributed by atoms with van der Waals surface area (Å²) < 4.78 is 0. The van der Waals surface area contributed by atoms with Gasteiger partial charge in [0.2, 0.25) is 0 Å². The average molecular weight is 362 g/mol. The van der Waals surface area contributed by atoms with E-state index in [0.717, 1.165) is 45.9 Å². The normalized spacial score (nSPS) is 13.2. The van der Waals surface area contributed by atoms with Gasteiger partial charge in [0.25, 0.3) is 0 Å². The van der Waals surface area contributed by atoms with E-state index in [1.165, 1.54) is 0 Å². The van der Waals surface area contributed by atoms with Crippen LogP contribution in [-0.4, -0.2) is 32.6 Å². The van der Waals surface area contributed by atoms with Gasteiger partial charge in [0, 0.05) is 31.0 Å². The van der Waals surface area contributed by atoms with Crippen LogP contribution in [0.25, 0.3) is 10.6 Å². The molecule has 6 nitrogen and oxygen atoms in total. The molecule has 3 aromatic rings. The first-order valence-electron chi connectivity index (χ1n) is 8.30. The van der Waals surface area contributed by atoms with Gasteiger partial charge in [-0.25, -0.2) is 15.0 Å². The number of nitrogens with one attached hydrogen (secondary N) is 1. The van der Waals surface area contributed by atoms with Crippen molar-refractivity contribution in [2.75, 3.05) is 11.9 Å². The zero-order valence-electron chi connectivity index (χ0n) is 14.3. The van der Waals surface area contributed by atoms with E-state index in [-0.39, 0.29) is 0 Å². The van der Waals surface area contributed by atoms with Crippen LogP contribution in [0.15, 0.2) is 60.1 Å². The van der Waals surface area contributed by atoms with Gasteiger partial charge in [-0.2, -0.15) is 0 Å². The maximum absolute atomic E-state index is 4.70. The van der Waals surface area contributed by atoms with E-state index in [1.54, 1.807) is 23.7 Å². The summed E-state index contributed by atoms with van der Waals surface area (Å²) in [5.41, 5.74) is 2.06. The predicted molar refractivity (Wildman–Crippen MR) is 106 cm³/mol. The summed E-state index contributed by atoms with van der Waals surface area (Å²) in [5.74, 6) is 1.56. The topological polar surface area (TPSA) is 66.3 Å². The smallest absolute Gasteiger partial charge is 0.132 e. The number of aryl methyl sites for hydroxylation is 1.